The van der Waals surface area contributed by atoms with E-state index in [2.05, 4.69) is 11.1 Å². The lowest BCUT2D eigenvalue weighted by atomic mass is 9.90. The van der Waals surface area contributed by atoms with E-state index in [1.165, 1.54) is 4.90 Å². The summed E-state index contributed by atoms with van der Waals surface area (Å²) in [5.74, 6) is 0.673. The van der Waals surface area contributed by atoms with Crippen LogP contribution in [0, 0.1) is 17.2 Å². The molecule has 0 spiro atoms. The van der Waals surface area contributed by atoms with Crippen molar-refractivity contribution in [2.45, 2.75) is 97.1 Å². The number of pyridine rings is 1. The van der Waals surface area contributed by atoms with Crippen molar-refractivity contribution in [1.82, 2.24) is 19.7 Å². The number of amides is 3. The predicted molar refractivity (Wildman–Crippen MR) is 171 cm³/mol. The van der Waals surface area contributed by atoms with Gasteiger partial charge in [0, 0.05) is 43.9 Å². The van der Waals surface area contributed by atoms with Crippen molar-refractivity contribution in [3.63, 3.8) is 0 Å². The summed E-state index contributed by atoms with van der Waals surface area (Å²) in [6.07, 6.45) is 4.33. The third kappa shape index (κ3) is 7.90. The summed E-state index contributed by atoms with van der Waals surface area (Å²) < 4.78 is 17.0. The first kappa shape index (κ1) is 33.0. The van der Waals surface area contributed by atoms with Crippen LogP contribution in [-0.4, -0.2) is 87.8 Å². The van der Waals surface area contributed by atoms with Gasteiger partial charge in [0.05, 0.1) is 25.3 Å². The van der Waals surface area contributed by atoms with Crippen molar-refractivity contribution in [3.8, 4) is 23.1 Å². The molecule has 0 bridgehead atoms. The molecule has 4 heterocycles. The van der Waals surface area contributed by atoms with Crippen molar-refractivity contribution >= 4 is 18.1 Å². The zero-order valence-electron chi connectivity index (χ0n) is 27.5. The Kier molecular flexibility index (Phi) is 10.0. The Morgan fingerprint density at radius 2 is 1.72 bits per heavy atom. The number of aromatic nitrogens is 1. The zero-order valence-corrected chi connectivity index (χ0v) is 27.5. The van der Waals surface area contributed by atoms with Crippen LogP contribution in [0.4, 0.5) is 9.59 Å². The second kappa shape index (κ2) is 14.0. The quantitative estimate of drug-likeness (QED) is 0.406. The number of rotatable bonds is 6. The second-order valence-corrected chi connectivity index (χ2v) is 13.7. The van der Waals surface area contributed by atoms with Gasteiger partial charge in [-0.15, -0.1) is 0 Å². The van der Waals surface area contributed by atoms with E-state index in [4.69, 9.17) is 14.2 Å². The minimum absolute atomic E-state index is 0.127. The van der Waals surface area contributed by atoms with Gasteiger partial charge >= 0.3 is 12.2 Å². The fraction of sp³-hybridized carbons (Fsp3) is 0.571. The van der Waals surface area contributed by atoms with Gasteiger partial charge in [-0.3, -0.25) is 9.69 Å². The first-order valence-corrected chi connectivity index (χ1v) is 16.3. The maximum atomic E-state index is 13.7. The molecule has 3 aliphatic heterocycles. The van der Waals surface area contributed by atoms with Crippen LogP contribution in [-0.2, 0) is 27.2 Å². The Balaban J connectivity index is 1.24. The maximum Gasteiger partial charge on any atom is 0.411 e. The maximum absolute atomic E-state index is 13.7. The number of likely N-dealkylation sites (tertiary alicyclic amines) is 2. The summed E-state index contributed by atoms with van der Waals surface area (Å²) in [5.41, 5.74) is 3.06. The average Bonchev–Trinajstić information content (AvgIpc) is 3.51. The number of ether oxygens (including phenoxy) is 3. The molecule has 0 N–H and O–H groups in total. The van der Waals surface area contributed by atoms with Crippen molar-refractivity contribution in [2.24, 2.45) is 5.92 Å². The van der Waals surface area contributed by atoms with Crippen LogP contribution in [0.3, 0.4) is 0 Å². The first-order chi connectivity index (χ1) is 21.9. The standard InChI is InChI=1S/C35H45N5O6/c1-23(2)45-33(42)38-15-12-24(13-16-38)22-44-31-11-10-27(20-37-31)25-8-9-26-18-30(32(41)39-14-6-7-29(39)19-36)40(21-28(26)17-25)34(43)46-35(3,4)5/h8-11,17,20,23-24,29-30H,6-7,12-16,18,21-22H2,1-5H3/t29-,30-/m0/s1. The lowest BCUT2D eigenvalue weighted by Crippen LogP contribution is -2.55. The SMILES string of the molecule is CC(C)OC(=O)N1CCC(COc2ccc(-c3ccc4c(c3)CN(C(=O)OC(C)(C)C)[C@H](C(=O)N3CCC[C@H]3C#N)C4)cn2)CC1. The molecule has 3 amide bonds. The number of carbonyl (C=O) groups excluding carboxylic acids is 3. The van der Waals surface area contributed by atoms with E-state index >= 15 is 0 Å². The zero-order chi connectivity index (χ0) is 33.0. The molecular formula is C35H45N5O6. The Hall–Kier alpha value is -4.33. The number of fused-ring (bicyclic) bond motifs is 1. The molecule has 5 rings (SSSR count). The number of carbonyl (C=O) groups is 3. The predicted octanol–water partition coefficient (Wildman–Crippen LogP) is 5.56. The number of nitrogens with zero attached hydrogens (tertiary/aromatic N) is 5. The Bertz CT molecular complexity index is 1460. The molecule has 0 saturated carbocycles. The van der Waals surface area contributed by atoms with E-state index < -0.39 is 23.8 Å². The minimum Gasteiger partial charge on any atom is -0.477 e. The number of hydrogen-bond acceptors (Lipinski definition) is 8. The molecule has 11 nitrogen and oxygen atoms in total. The summed E-state index contributed by atoms with van der Waals surface area (Å²) in [4.78, 5) is 48.6. The van der Waals surface area contributed by atoms with E-state index in [1.807, 2.05) is 44.2 Å². The summed E-state index contributed by atoms with van der Waals surface area (Å²) in [6, 6.07) is 10.9. The Morgan fingerprint density at radius 3 is 2.37 bits per heavy atom. The molecule has 11 heteroatoms. The van der Waals surface area contributed by atoms with Gasteiger partial charge in [-0.2, -0.15) is 5.26 Å². The molecular weight excluding hydrogens is 586 g/mol. The van der Waals surface area contributed by atoms with Crippen molar-refractivity contribution in [2.75, 3.05) is 26.2 Å². The molecule has 246 valence electrons. The molecule has 3 aliphatic rings. The van der Waals surface area contributed by atoms with Crippen LogP contribution in [0.2, 0.25) is 0 Å². The van der Waals surface area contributed by atoms with Gasteiger partial charge in [-0.25, -0.2) is 14.6 Å². The van der Waals surface area contributed by atoms with Crippen molar-refractivity contribution in [3.05, 3.63) is 47.7 Å². The molecule has 2 saturated heterocycles. The molecule has 2 fully saturated rings. The molecule has 1 aromatic heterocycles. The lowest BCUT2D eigenvalue weighted by Gasteiger charge is -2.39. The van der Waals surface area contributed by atoms with Crippen LogP contribution in [0.5, 0.6) is 5.88 Å². The van der Waals surface area contributed by atoms with E-state index in [-0.39, 0.29) is 24.6 Å². The smallest absolute Gasteiger partial charge is 0.411 e. The highest BCUT2D eigenvalue weighted by Crippen LogP contribution is 2.32. The third-order valence-electron chi connectivity index (χ3n) is 8.68. The van der Waals surface area contributed by atoms with Crippen LogP contribution < -0.4 is 4.74 Å². The fourth-order valence-electron chi connectivity index (χ4n) is 6.25. The van der Waals surface area contributed by atoms with E-state index in [0.29, 0.717) is 50.9 Å². The molecule has 2 aromatic rings. The summed E-state index contributed by atoms with van der Waals surface area (Å²) in [5, 5.41) is 9.58. The van der Waals surface area contributed by atoms with Crippen molar-refractivity contribution in [1.29, 1.82) is 5.26 Å². The minimum atomic E-state index is -0.735. The van der Waals surface area contributed by atoms with E-state index in [0.717, 1.165) is 41.5 Å². The largest absolute Gasteiger partial charge is 0.477 e. The second-order valence-electron chi connectivity index (χ2n) is 13.7. The van der Waals surface area contributed by atoms with Gasteiger partial charge in [-0.05, 0) is 95.0 Å². The lowest BCUT2D eigenvalue weighted by molar-refractivity contribution is -0.137. The van der Waals surface area contributed by atoms with Gasteiger partial charge in [0.15, 0.2) is 0 Å². The van der Waals surface area contributed by atoms with E-state index in [9.17, 15) is 19.6 Å². The fourth-order valence-corrected chi connectivity index (χ4v) is 6.25. The first-order valence-electron chi connectivity index (χ1n) is 16.3. The highest BCUT2D eigenvalue weighted by Gasteiger charge is 2.41. The molecule has 46 heavy (non-hydrogen) atoms. The highest BCUT2D eigenvalue weighted by molar-refractivity contribution is 5.87. The molecule has 1 aromatic carbocycles. The molecule has 2 atom stereocenters. The average molecular weight is 632 g/mol. The third-order valence-corrected chi connectivity index (χ3v) is 8.68. The topological polar surface area (TPSA) is 125 Å². The van der Waals surface area contributed by atoms with Crippen LogP contribution >= 0.6 is 0 Å². The Labute approximate surface area is 271 Å². The molecule has 0 unspecified atom stereocenters. The van der Waals surface area contributed by atoms with Gasteiger partial charge in [-0.1, -0.05) is 12.1 Å². The molecule has 0 aliphatic carbocycles. The summed E-state index contributed by atoms with van der Waals surface area (Å²) in [7, 11) is 0. The van der Waals surface area contributed by atoms with Gasteiger partial charge in [0.1, 0.15) is 17.7 Å². The highest BCUT2D eigenvalue weighted by atomic mass is 16.6. The van der Waals surface area contributed by atoms with Gasteiger partial charge in [0.2, 0.25) is 11.8 Å². The molecule has 0 radical (unpaired) electrons. The normalized spacial score (nSPS) is 20.2. The van der Waals surface area contributed by atoms with E-state index in [1.54, 1.807) is 36.8 Å². The van der Waals surface area contributed by atoms with Crippen LogP contribution in [0.25, 0.3) is 11.1 Å². The van der Waals surface area contributed by atoms with Gasteiger partial charge < -0.3 is 24.0 Å². The van der Waals surface area contributed by atoms with Gasteiger partial charge in [0.25, 0.3) is 0 Å². The van der Waals surface area contributed by atoms with Crippen LogP contribution in [0.15, 0.2) is 36.5 Å². The van der Waals surface area contributed by atoms with Crippen LogP contribution in [0.1, 0.15) is 71.4 Å². The van der Waals surface area contributed by atoms with Crippen molar-refractivity contribution < 1.29 is 28.6 Å². The number of hydrogen-bond donors (Lipinski definition) is 0. The number of piperidine rings is 1. The summed E-state index contributed by atoms with van der Waals surface area (Å²) in [6.45, 7) is 11.7. The Morgan fingerprint density at radius 1 is 0.978 bits per heavy atom. The monoisotopic (exact) mass is 631 g/mol. The number of benzene rings is 1. The number of nitriles is 1. The summed E-state index contributed by atoms with van der Waals surface area (Å²) >= 11 is 0.